The van der Waals surface area contributed by atoms with Crippen molar-refractivity contribution in [1.29, 1.82) is 0 Å². The highest BCUT2D eigenvalue weighted by atomic mass is 32.2. The third-order valence-electron chi connectivity index (χ3n) is 7.66. The fraction of sp³-hybridized carbons (Fsp3) is 0.750. The maximum atomic E-state index is 6.32. The van der Waals surface area contributed by atoms with E-state index in [1.807, 2.05) is 0 Å². The van der Waals surface area contributed by atoms with Crippen LogP contribution in [0.4, 0.5) is 0 Å². The smallest absolute Gasteiger partial charge is 0.403 e. The molecule has 0 amide bonds. The predicted molar refractivity (Wildman–Crippen MR) is 132 cm³/mol. The fourth-order valence-electron chi connectivity index (χ4n) is 4.20. The molecular weight excluding hydrogens is 406 g/mol. The number of hydrogen-bond donors (Lipinski definition) is 0. The number of thioether (sulfide) groups is 1. The van der Waals surface area contributed by atoms with Crippen LogP contribution in [0.25, 0.3) is 0 Å². The Labute approximate surface area is 194 Å². The van der Waals surface area contributed by atoms with Gasteiger partial charge >= 0.3 is 14.2 Å². The molecule has 2 fully saturated rings. The standard InChI is InChI=1S/C24H40B2O4S/c1-21(2)22(3,4)28-25(27-21)16-10-11-19(18-12-14-20(31-9)15-13-18)17-26-29-23(5,6)24(7,8)30-26/h12-15,19H,10-11,16-17H2,1-9H3. The molecule has 1 atom stereocenters. The minimum absolute atomic E-state index is 0.138. The lowest BCUT2D eigenvalue weighted by Crippen LogP contribution is -2.41. The molecule has 172 valence electrons. The van der Waals surface area contributed by atoms with Crippen LogP contribution in [0.15, 0.2) is 29.2 Å². The zero-order chi connectivity index (χ0) is 23.1. The summed E-state index contributed by atoms with van der Waals surface area (Å²) in [6.07, 6.45) is 5.95. The van der Waals surface area contributed by atoms with E-state index < -0.39 is 0 Å². The van der Waals surface area contributed by atoms with Crippen LogP contribution in [0.2, 0.25) is 12.6 Å². The van der Waals surface area contributed by atoms with Gasteiger partial charge in [-0.25, -0.2) is 0 Å². The molecule has 2 aliphatic rings. The van der Waals surface area contributed by atoms with Crippen molar-refractivity contribution in [2.75, 3.05) is 6.26 Å². The van der Waals surface area contributed by atoms with Crippen LogP contribution in [0, 0.1) is 0 Å². The number of rotatable bonds is 8. The summed E-state index contributed by atoms with van der Waals surface area (Å²) in [6.45, 7) is 16.9. The van der Waals surface area contributed by atoms with Gasteiger partial charge in [0.25, 0.3) is 0 Å². The van der Waals surface area contributed by atoms with E-state index in [0.717, 1.165) is 25.5 Å². The molecule has 4 nitrogen and oxygen atoms in total. The molecule has 1 unspecified atom stereocenters. The summed E-state index contributed by atoms with van der Waals surface area (Å²) < 4.78 is 25.0. The van der Waals surface area contributed by atoms with E-state index in [-0.39, 0.29) is 36.6 Å². The van der Waals surface area contributed by atoms with Crippen molar-refractivity contribution in [3.8, 4) is 0 Å². The van der Waals surface area contributed by atoms with Crippen molar-refractivity contribution < 1.29 is 18.6 Å². The summed E-state index contributed by atoms with van der Waals surface area (Å²) in [7, 11) is -0.326. The fourth-order valence-corrected chi connectivity index (χ4v) is 4.61. The Hall–Kier alpha value is -0.460. The van der Waals surface area contributed by atoms with E-state index >= 15 is 0 Å². The summed E-state index contributed by atoms with van der Waals surface area (Å²) in [6, 6.07) is 8.95. The van der Waals surface area contributed by atoms with Gasteiger partial charge in [-0.2, -0.15) is 0 Å². The van der Waals surface area contributed by atoms with E-state index in [1.54, 1.807) is 11.8 Å². The lowest BCUT2D eigenvalue weighted by Gasteiger charge is -2.32. The normalized spacial score (nSPS) is 24.5. The number of hydrogen-bond acceptors (Lipinski definition) is 5. The Morgan fingerprint density at radius 3 is 1.65 bits per heavy atom. The highest BCUT2D eigenvalue weighted by Gasteiger charge is 2.52. The maximum absolute atomic E-state index is 6.32. The lowest BCUT2D eigenvalue weighted by atomic mass is 9.71. The molecule has 2 heterocycles. The molecular formula is C24H40B2O4S. The zero-order valence-corrected chi connectivity index (χ0v) is 21.7. The molecule has 1 aromatic rings. The van der Waals surface area contributed by atoms with E-state index in [4.69, 9.17) is 18.6 Å². The summed E-state index contributed by atoms with van der Waals surface area (Å²) in [5.74, 6) is 0.369. The van der Waals surface area contributed by atoms with Gasteiger partial charge in [0.15, 0.2) is 0 Å². The lowest BCUT2D eigenvalue weighted by molar-refractivity contribution is 0.00578. The molecule has 0 saturated carbocycles. The largest absolute Gasteiger partial charge is 0.458 e. The molecule has 1 aromatic carbocycles. The van der Waals surface area contributed by atoms with Crippen LogP contribution in [0.5, 0.6) is 0 Å². The first kappa shape index (κ1) is 25.2. The van der Waals surface area contributed by atoms with Crippen molar-refractivity contribution in [1.82, 2.24) is 0 Å². The molecule has 0 radical (unpaired) electrons. The Morgan fingerprint density at radius 2 is 1.19 bits per heavy atom. The van der Waals surface area contributed by atoms with Crippen LogP contribution in [-0.2, 0) is 18.6 Å². The van der Waals surface area contributed by atoms with Gasteiger partial charge in [-0.3, -0.25) is 0 Å². The molecule has 0 N–H and O–H groups in total. The maximum Gasteiger partial charge on any atom is 0.458 e. The molecule has 0 spiro atoms. The molecule has 0 bridgehead atoms. The summed E-state index contributed by atoms with van der Waals surface area (Å²) in [4.78, 5) is 1.29. The minimum atomic E-state index is -0.298. The van der Waals surface area contributed by atoms with E-state index in [2.05, 4.69) is 85.9 Å². The monoisotopic (exact) mass is 446 g/mol. The molecule has 2 saturated heterocycles. The summed E-state index contributed by atoms with van der Waals surface area (Å²) >= 11 is 1.77. The van der Waals surface area contributed by atoms with Gasteiger partial charge in [0.05, 0.1) is 22.4 Å². The van der Waals surface area contributed by atoms with Crippen molar-refractivity contribution in [2.45, 2.75) is 114 Å². The average Bonchev–Trinajstić information content (AvgIpc) is 2.99. The SMILES string of the molecule is CSc1ccc(C(CCCB2OC(C)(C)C(C)(C)O2)CB2OC(C)(C)C(C)(C)O2)cc1. The Bertz CT molecular complexity index is 716. The van der Waals surface area contributed by atoms with Gasteiger partial charge in [0.1, 0.15) is 0 Å². The summed E-state index contributed by atoms with van der Waals surface area (Å²) in [5, 5.41) is 0. The van der Waals surface area contributed by atoms with Crippen molar-refractivity contribution in [3.05, 3.63) is 29.8 Å². The first-order valence-electron chi connectivity index (χ1n) is 11.6. The van der Waals surface area contributed by atoms with Crippen molar-refractivity contribution in [3.63, 3.8) is 0 Å². The second-order valence-electron chi connectivity index (χ2n) is 11.0. The molecule has 0 aliphatic carbocycles. The second kappa shape index (κ2) is 9.06. The molecule has 0 aromatic heterocycles. The minimum Gasteiger partial charge on any atom is -0.403 e. The van der Waals surface area contributed by atoms with Gasteiger partial charge in [-0.15, -0.1) is 11.8 Å². The highest BCUT2D eigenvalue weighted by molar-refractivity contribution is 7.98. The Morgan fingerprint density at radius 1 is 0.742 bits per heavy atom. The van der Waals surface area contributed by atoms with Gasteiger partial charge in [0, 0.05) is 4.90 Å². The van der Waals surface area contributed by atoms with Gasteiger partial charge in [0.2, 0.25) is 0 Å². The predicted octanol–water partition coefficient (Wildman–Crippen LogP) is 6.46. The van der Waals surface area contributed by atoms with Crippen LogP contribution < -0.4 is 0 Å². The van der Waals surface area contributed by atoms with E-state index in [0.29, 0.717) is 5.92 Å². The molecule has 2 aliphatic heterocycles. The zero-order valence-electron chi connectivity index (χ0n) is 20.9. The Kier molecular flexibility index (Phi) is 7.35. The third kappa shape index (κ3) is 5.55. The van der Waals surface area contributed by atoms with E-state index in [1.165, 1.54) is 10.5 Å². The summed E-state index contributed by atoms with van der Waals surface area (Å²) in [5.41, 5.74) is 0.212. The van der Waals surface area contributed by atoms with Crippen LogP contribution in [0.3, 0.4) is 0 Å². The Balaban J connectivity index is 1.65. The average molecular weight is 446 g/mol. The number of benzene rings is 1. The van der Waals surface area contributed by atoms with E-state index in [9.17, 15) is 0 Å². The van der Waals surface area contributed by atoms with Crippen LogP contribution in [0.1, 0.15) is 79.7 Å². The van der Waals surface area contributed by atoms with Crippen LogP contribution in [-0.4, -0.2) is 42.9 Å². The highest BCUT2D eigenvalue weighted by Crippen LogP contribution is 2.42. The molecule has 31 heavy (non-hydrogen) atoms. The third-order valence-corrected chi connectivity index (χ3v) is 8.40. The second-order valence-corrected chi connectivity index (χ2v) is 11.9. The van der Waals surface area contributed by atoms with Crippen LogP contribution >= 0.6 is 11.8 Å². The van der Waals surface area contributed by atoms with Gasteiger partial charge in [-0.05, 0) is 104 Å². The first-order chi connectivity index (χ1) is 14.3. The first-order valence-corrected chi connectivity index (χ1v) is 12.8. The van der Waals surface area contributed by atoms with Crippen molar-refractivity contribution >= 4 is 26.0 Å². The van der Waals surface area contributed by atoms with Crippen molar-refractivity contribution in [2.24, 2.45) is 0 Å². The van der Waals surface area contributed by atoms with Gasteiger partial charge < -0.3 is 18.6 Å². The quantitative estimate of drug-likeness (QED) is 0.339. The topological polar surface area (TPSA) is 36.9 Å². The van der Waals surface area contributed by atoms with Gasteiger partial charge in [-0.1, -0.05) is 18.6 Å². The molecule has 3 rings (SSSR count). The molecule has 7 heteroatoms.